The number of phenolic OH excluding ortho intramolecular Hbond substituents is 1. The third-order valence-corrected chi connectivity index (χ3v) is 8.04. The topological polar surface area (TPSA) is 177 Å². The van der Waals surface area contributed by atoms with Crippen molar-refractivity contribution in [3.63, 3.8) is 0 Å². The first-order valence-corrected chi connectivity index (χ1v) is 14.8. The zero-order valence-electron chi connectivity index (χ0n) is 25.9. The molecule has 12 heteroatoms. The summed E-state index contributed by atoms with van der Waals surface area (Å²) in [5.41, 5.74) is 6.49. The molecule has 1 amide bonds. The van der Waals surface area contributed by atoms with Crippen molar-refractivity contribution in [3.8, 4) is 51.6 Å². The van der Waals surface area contributed by atoms with E-state index in [-0.39, 0.29) is 17.5 Å². The SMILES string of the molecule is COc1ccc(-c2cnc(N3CCC(NCc4ccc(/C=C/C(=O)NO)c(OC)c4)CC3)c(C#N)c2-c2ccc(C#N)nc2)cc1O. The van der Waals surface area contributed by atoms with Crippen LogP contribution in [0.15, 0.2) is 67.0 Å². The lowest BCUT2D eigenvalue weighted by Gasteiger charge is -2.34. The highest BCUT2D eigenvalue weighted by Gasteiger charge is 2.26. The maximum atomic E-state index is 11.3. The second kappa shape index (κ2) is 14.9. The highest BCUT2D eigenvalue weighted by atomic mass is 16.5. The monoisotopic (exact) mass is 631 g/mol. The van der Waals surface area contributed by atoms with E-state index in [2.05, 4.69) is 21.3 Å². The van der Waals surface area contributed by atoms with E-state index in [0.29, 0.717) is 70.3 Å². The molecule has 5 rings (SSSR count). The zero-order chi connectivity index (χ0) is 33.3. The zero-order valence-corrected chi connectivity index (χ0v) is 25.9. The van der Waals surface area contributed by atoms with Crippen molar-refractivity contribution in [2.45, 2.75) is 25.4 Å². The molecule has 0 saturated carbocycles. The van der Waals surface area contributed by atoms with Crippen LogP contribution in [0.1, 0.15) is 35.2 Å². The molecule has 3 heterocycles. The number of nitrogens with zero attached hydrogens (tertiary/aromatic N) is 5. The number of nitrogens with one attached hydrogen (secondary N) is 2. The number of amides is 1. The van der Waals surface area contributed by atoms with E-state index in [1.54, 1.807) is 61.4 Å². The molecular formula is C35H33N7O5. The van der Waals surface area contributed by atoms with E-state index in [0.717, 1.165) is 18.4 Å². The molecule has 0 aliphatic carbocycles. The molecule has 47 heavy (non-hydrogen) atoms. The Balaban J connectivity index is 1.35. The largest absolute Gasteiger partial charge is 0.504 e. The predicted octanol–water partition coefficient (Wildman–Crippen LogP) is 4.55. The quantitative estimate of drug-likeness (QED) is 0.110. The molecule has 4 N–H and O–H groups in total. The van der Waals surface area contributed by atoms with E-state index >= 15 is 0 Å². The normalized spacial score (nSPS) is 13.2. The Kier molecular flexibility index (Phi) is 10.3. The number of carbonyl (C=O) groups is 1. The lowest BCUT2D eigenvalue weighted by Crippen LogP contribution is -2.42. The van der Waals surface area contributed by atoms with E-state index in [9.17, 15) is 20.4 Å². The van der Waals surface area contributed by atoms with Crippen molar-refractivity contribution < 1.29 is 24.6 Å². The molecule has 1 saturated heterocycles. The average Bonchev–Trinajstić information content (AvgIpc) is 3.12. The van der Waals surface area contributed by atoms with Crippen molar-refractivity contribution in [3.05, 3.63) is 89.4 Å². The second-order valence-electron chi connectivity index (χ2n) is 10.8. The van der Waals surface area contributed by atoms with Crippen LogP contribution < -0.4 is 25.2 Å². The lowest BCUT2D eigenvalue weighted by atomic mass is 9.92. The molecule has 0 radical (unpaired) electrons. The summed E-state index contributed by atoms with van der Waals surface area (Å²) in [6.45, 7) is 1.96. The summed E-state index contributed by atoms with van der Waals surface area (Å²) in [5.74, 6) is 0.837. The standard InChI is InChI=1S/C35H33N7O5/c1-46-31-9-6-24(16-30(31)43)29-21-40-35(28(18-37)34(29)25-5-8-27(17-36)39-20-25)42-13-11-26(12-14-42)38-19-22-3-4-23(32(15-22)47-2)7-10-33(44)41-45/h3-10,15-16,20-21,26,38,43,45H,11-14,19H2,1-2H3,(H,41,44)/b10-7+. The molecule has 4 aromatic rings. The van der Waals surface area contributed by atoms with Gasteiger partial charge in [-0.3, -0.25) is 10.0 Å². The predicted molar refractivity (Wildman–Crippen MR) is 175 cm³/mol. The third-order valence-electron chi connectivity index (χ3n) is 8.04. The number of benzene rings is 2. The van der Waals surface area contributed by atoms with Crippen LogP contribution in [0.4, 0.5) is 5.82 Å². The number of hydrogen-bond acceptors (Lipinski definition) is 11. The number of phenols is 1. The van der Waals surface area contributed by atoms with Gasteiger partial charge in [-0.05, 0) is 60.4 Å². The summed E-state index contributed by atoms with van der Waals surface area (Å²) in [5, 5.41) is 42.6. The van der Waals surface area contributed by atoms with E-state index in [1.807, 2.05) is 24.3 Å². The Morgan fingerprint density at radius 2 is 1.77 bits per heavy atom. The molecule has 2 aromatic heterocycles. The Hall–Kier alpha value is -5.95. The van der Waals surface area contributed by atoms with Crippen molar-refractivity contribution in [2.24, 2.45) is 0 Å². The van der Waals surface area contributed by atoms with Gasteiger partial charge in [0.25, 0.3) is 5.91 Å². The molecule has 0 unspecified atom stereocenters. The number of methoxy groups -OCH3 is 2. The minimum atomic E-state index is -0.628. The van der Waals surface area contributed by atoms with Crippen LogP contribution >= 0.6 is 0 Å². The molecule has 0 spiro atoms. The lowest BCUT2D eigenvalue weighted by molar-refractivity contribution is -0.124. The molecule has 2 aromatic carbocycles. The van der Waals surface area contributed by atoms with Gasteiger partial charge in [-0.25, -0.2) is 15.4 Å². The first kappa shape index (κ1) is 32.4. The summed E-state index contributed by atoms with van der Waals surface area (Å²) in [6.07, 6.45) is 7.71. The summed E-state index contributed by atoms with van der Waals surface area (Å²) in [6, 6.07) is 18.8. The Morgan fingerprint density at radius 1 is 1.00 bits per heavy atom. The summed E-state index contributed by atoms with van der Waals surface area (Å²) >= 11 is 0. The Bertz CT molecular complexity index is 1870. The number of pyridine rings is 2. The van der Waals surface area contributed by atoms with E-state index in [4.69, 9.17) is 19.7 Å². The van der Waals surface area contributed by atoms with Crippen LogP contribution in [-0.4, -0.2) is 59.5 Å². The van der Waals surface area contributed by atoms with Crippen molar-refractivity contribution in [2.75, 3.05) is 32.2 Å². The Morgan fingerprint density at radius 3 is 2.40 bits per heavy atom. The fourth-order valence-corrected chi connectivity index (χ4v) is 5.59. The van der Waals surface area contributed by atoms with Gasteiger partial charge in [-0.1, -0.05) is 18.2 Å². The maximum absolute atomic E-state index is 11.3. The molecule has 238 valence electrons. The first-order valence-electron chi connectivity index (χ1n) is 14.8. The van der Waals surface area contributed by atoms with Crippen LogP contribution in [0.25, 0.3) is 28.3 Å². The molecular weight excluding hydrogens is 598 g/mol. The van der Waals surface area contributed by atoms with Gasteiger partial charge >= 0.3 is 0 Å². The maximum Gasteiger partial charge on any atom is 0.267 e. The number of nitriles is 2. The fourth-order valence-electron chi connectivity index (χ4n) is 5.59. The van der Waals surface area contributed by atoms with Crippen LogP contribution in [0, 0.1) is 22.7 Å². The van der Waals surface area contributed by atoms with Gasteiger partial charge in [0.05, 0.1) is 14.2 Å². The minimum Gasteiger partial charge on any atom is -0.504 e. The summed E-state index contributed by atoms with van der Waals surface area (Å²) in [7, 11) is 3.04. The number of piperidine rings is 1. The number of hydroxylamine groups is 1. The molecule has 12 nitrogen and oxygen atoms in total. The van der Waals surface area contributed by atoms with Crippen LogP contribution in [0.2, 0.25) is 0 Å². The van der Waals surface area contributed by atoms with Gasteiger partial charge in [0.1, 0.15) is 35.0 Å². The number of aromatic nitrogens is 2. The van der Waals surface area contributed by atoms with Gasteiger partial charge in [0.15, 0.2) is 11.5 Å². The molecule has 1 aliphatic heterocycles. The van der Waals surface area contributed by atoms with Gasteiger partial charge in [-0.15, -0.1) is 0 Å². The minimum absolute atomic E-state index is 0.0376. The van der Waals surface area contributed by atoms with Gasteiger partial charge in [0.2, 0.25) is 0 Å². The third kappa shape index (κ3) is 7.31. The van der Waals surface area contributed by atoms with Crippen molar-refractivity contribution >= 4 is 17.8 Å². The number of carbonyl (C=O) groups excluding carboxylic acids is 1. The van der Waals surface area contributed by atoms with Crippen LogP contribution in [0.3, 0.4) is 0 Å². The smallest absolute Gasteiger partial charge is 0.267 e. The van der Waals surface area contributed by atoms with Gasteiger partial charge in [0, 0.05) is 66.4 Å². The number of anilines is 1. The summed E-state index contributed by atoms with van der Waals surface area (Å²) < 4.78 is 10.7. The molecule has 0 bridgehead atoms. The molecule has 1 aliphatic rings. The van der Waals surface area contributed by atoms with E-state index < -0.39 is 5.91 Å². The van der Waals surface area contributed by atoms with Gasteiger partial charge < -0.3 is 24.8 Å². The fraction of sp³-hybridized carbons (Fsp3) is 0.229. The molecule has 1 fully saturated rings. The number of ether oxygens (including phenoxy) is 2. The number of hydrogen-bond donors (Lipinski definition) is 4. The number of aromatic hydroxyl groups is 1. The Labute approximate surface area is 272 Å². The van der Waals surface area contributed by atoms with Gasteiger partial charge in [-0.2, -0.15) is 10.5 Å². The summed E-state index contributed by atoms with van der Waals surface area (Å²) in [4.78, 5) is 22.5. The second-order valence-corrected chi connectivity index (χ2v) is 10.8. The van der Waals surface area contributed by atoms with Crippen LogP contribution in [0.5, 0.6) is 17.2 Å². The average molecular weight is 632 g/mol. The highest BCUT2D eigenvalue weighted by molar-refractivity contribution is 5.91. The van der Waals surface area contributed by atoms with Crippen LogP contribution in [-0.2, 0) is 11.3 Å². The van der Waals surface area contributed by atoms with E-state index in [1.165, 1.54) is 13.2 Å². The molecule has 0 atom stereocenters. The first-order chi connectivity index (χ1) is 22.9. The number of rotatable bonds is 10. The van der Waals surface area contributed by atoms with Crippen molar-refractivity contribution in [1.82, 2.24) is 20.8 Å². The van der Waals surface area contributed by atoms with Crippen molar-refractivity contribution in [1.29, 1.82) is 10.5 Å². The highest BCUT2D eigenvalue weighted by Crippen LogP contribution is 2.41.